The number of nitrogens with zero attached hydrogens (tertiary/aromatic N) is 2. The van der Waals surface area contributed by atoms with Gasteiger partial charge in [-0.15, -0.1) is 0 Å². The molecule has 0 unspecified atom stereocenters. The Hall–Kier alpha value is -3.98. The Labute approximate surface area is 178 Å². The van der Waals surface area contributed by atoms with Crippen LogP contribution in [0.2, 0.25) is 0 Å². The molecule has 9 heteroatoms. The highest BCUT2D eigenvalue weighted by molar-refractivity contribution is 7.92. The maximum atomic E-state index is 13.8. The second-order valence-electron chi connectivity index (χ2n) is 6.55. The molecule has 7 nitrogen and oxygen atoms in total. The van der Waals surface area contributed by atoms with E-state index in [2.05, 4.69) is 15.1 Å². The fraction of sp³-hybridized carbons (Fsp3) is 0. The van der Waals surface area contributed by atoms with Crippen LogP contribution >= 0.6 is 0 Å². The Bertz CT molecular complexity index is 1340. The summed E-state index contributed by atoms with van der Waals surface area (Å²) in [5.74, 6) is -0.915. The second-order valence-corrected chi connectivity index (χ2v) is 8.23. The third-order valence-corrected chi connectivity index (χ3v) is 5.74. The van der Waals surface area contributed by atoms with Gasteiger partial charge in [0.1, 0.15) is 5.82 Å². The largest absolute Gasteiger partial charge is 0.305 e. The van der Waals surface area contributed by atoms with Gasteiger partial charge in [-0.1, -0.05) is 36.4 Å². The number of rotatable bonds is 6. The first-order valence-corrected chi connectivity index (χ1v) is 10.7. The van der Waals surface area contributed by atoms with Gasteiger partial charge in [-0.3, -0.25) is 9.52 Å². The van der Waals surface area contributed by atoms with Gasteiger partial charge in [0.15, 0.2) is 5.82 Å². The Kier molecular flexibility index (Phi) is 5.50. The lowest BCUT2D eigenvalue weighted by Crippen LogP contribution is -2.16. The molecule has 0 radical (unpaired) electrons. The number of aromatic nitrogens is 2. The standard InChI is InChI=1S/C22H17FN4O3S/c23-19-11-4-5-12-20(19)26-31(29,30)18-10-6-7-16(15-18)22(28)24-21-13-14-27(25-21)17-8-2-1-3-9-17/h1-15,26H,(H,24,25,28). The molecule has 1 heterocycles. The topological polar surface area (TPSA) is 93.1 Å². The van der Waals surface area contributed by atoms with Crippen molar-refractivity contribution in [3.63, 3.8) is 0 Å². The van der Waals surface area contributed by atoms with Crippen LogP contribution in [0.25, 0.3) is 5.69 Å². The van der Waals surface area contributed by atoms with E-state index in [9.17, 15) is 17.6 Å². The van der Waals surface area contributed by atoms with Crippen molar-refractivity contribution in [2.24, 2.45) is 0 Å². The molecule has 4 rings (SSSR count). The first-order valence-electron chi connectivity index (χ1n) is 9.22. The van der Waals surface area contributed by atoms with Crippen LogP contribution in [0.3, 0.4) is 0 Å². The number of halogens is 1. The fourth-order valence-corrected chi connectivity index (χ4v) is 3.97. The number of hydrogen-bond donors (Lipinski definition) is 2. The minimum atomic E-state index is -4.09. The minimum absolute atomic E-state index is 0.116. The van der Waals surface area contributed by atoms with Crippen molar-refractivity contribution in [1.82, 2.24) is 9.78 Å². The molecular weight excluding hydrogens is 419 g/mol. The summed E-state index contributed by atoms with van der Waals surface area (Å²) < 4.78 is 42.9. The van der Waals surface area contributed by atoms with E-state index < -0.39 is 21.7 Å². The van der Waals surface area contributed by atoms with Crippen molar-refractivity contribution >= 4 is 27.4 Å². The lowest BCUT2D eigenvalue weighted by Gasteiger charge is -2.10. The summed E-state index contributed by atoms with van der Waals surface area (Å²) in [6.45, 7) is 0. The molecule has 0 aliphatic rings. The number of sulfonamides is 1. The minimum Gasteiger partial charge on any atom is -0.305 e. The Balaban J connectivity index is 1.52. The van der Waals surface area contributed by atoms with E-state index in [-0.39, 0.29) is 16.1 Å². The lowest BCUT2D eigenvalue weighted by molar-refractivity contribution is 0.102. The average molecular weight is 436 g/mol. The molecule has 4 aromatic rings. The van der Waals surface area contributed by atoms with Crippen molar-refractivity contribution in [2.75, 3.05) is 10.0 Å². The first kappa shape index (κ1) is 20.3. The van der Waals surface area contributed by atoms with Crippen LogP contribution in [-0.2, 0) is 10.0 Å². The molecule has 2 N–H and O–H groups in total. The van der Waals surface area contributed by atoms with Gasteiger partial charge in [-0.2, -0.15) is 5.10 Å². The Morgan fingerprint density at radius 3 is 2.42 bits per heavy atom. The van der Waals surface area contributed by atoms with E-state index in [0.717, 1.165) is 11.8 Å². The number of hydrogen-bond acceptors (Lipinski definition) is 4. The molecule has 1 amide bonds. The zero-order valence-corrected chi connectivity index (χ0v) is 16.9. The molecule has 0 aliphatic carbocycles. The third-order valence-electron chi connectivity index (χ3n) is 4.38. The van der Waals surface area contributed by atoms with Crippen LogP contribution in [0.4, 0.5) is 15.9 Å². The van der Waals surface area contributed by atoms with E-state index >= 15 is 0 Å². The lowest BCUT2D eigenvalue weighted by atomic mass is 10.2. The maximum Gasteiger partial charge on any atom is 0.262 e. The molecule has 1 aromatic heterocycles. The Morgan fingerprint density at radius 1 is 0.903 bits per heavy atom. The van der Waals surface area contributed by atoms with Crippen molar-refractivity contribution in [3.8, 4) is 5.69 Å². The van der Waals surface area contributed by atoms with Gasteiger partial charge < -0.3 is 5.32 Å². The highest BCUT2D eigenvalue weighted by Gasteiger charge is 2.18. The molecule has 0 bridgehead atoms. The highest BCUT2D eigenvalue weighted by atomic mass is 32.2. The van der Waals surface area contributed by atoms with Crippen molar-refractivity contribution < 1.29 is 17.6 Å². The molecule has 0 saturated heterocycles. The SMILES string of the molecule is O=C(Nc1ccn(-c2ccccc2)n1)c1cccc(S(=O)(=O)Nc2ccccc2F)c1. The number of anilines is 2. The van der Waals surface area contributed by atoms with Gasteiger partial charge in [0.25, 0.3) is 15.9 Å². The van der Waals surface area contributed by atoms with E-state index in [1.54, 1.807) is 16.9 Å². The van der Waals surface area contributed by atoms with Crippen molar-refractivity contribution in [1.29, 1.82) is 0 Å². The van der Waals surface area contributed by atoms with Crippen molar-refractivity contribution in [2.45, 2.75) is 4.90 Å². The monoisotopic (exact) mass is 436 g/mol. The molecule has 3 aromatic carbocycles. The van der Waals surface area contributed by atoms with Gasteiger partial charge in [0.05, 0.1) is 16.3 Å². The second kappa shape index (κ2) is 8.41. The number of amides is 1. The summed E-state index contributed by atoms with van der Waals surface area (Å²) >= 11 is 0. The molecule has 0 fully saturated rings. The molecule has 0 saturated carbocycles. The molecule has 31 heavy (non-hydrogen) atoms. The summed E-state index contributed by atoms with van der Waals surface area (Å²) in [5, 5.41) is 6.93. The van der Waals surface area contributed by atoms with E-state index in [1.807, 2.05) is 30.3 Å². The van der Waals surface area contributed by atoms with Gasteiger partial charge in [0, 0.05) is 17.8 Å². The normalized spacial score (nSPS) is 11.1. The quantitative estimate of drug-likeness (QED) is 0.477. The van der Waals surface area contributed by atoms with Crippen LogP contribution in [-0.4, -0.2) is 24.1 Å². The first-order chi connectivity index (χ1) is 14.9. The average Bonchev–Trinajstić information content (AvgIpc) is 3.24. The number of para-hydroxylation sites is 2. The van der Waals surface area contributed by atoms with E-state index in [4.69, 9.17) is 0 Å². The smallest absolute Gasteiger partial charge is 0.262 e. The Morgan fingerprint density at radius 2 is 1.65 bits per heavy atom. The van der Waals surface area contributed by atoms with Crippen LogP contribution in [0, 0.1) is 5.82 Å². The third kappa shape index (κ3) is 4.62. The van der Waals surface area contributed by atoms with Gasteiger partial charge in [0.2, 0.25) is 0 Å². The summed E-state index contributed by atoms with van der Waals surface area (Å²) in [4.78, 5) is 12.4. The predicted octanol–water partition coefficient (Wildman–Crippen LogP) is 4.06. The summed E-state index contributed by atoms with van der Waals surface area (Å²) in [7, 11) is -4.09. The maximum absolute atomic E-state index is 13.8. The van der Waals surface area contributed by atoms with Gasteiger partial charge in [-0.25, -0.2) is 17.5 Å². The van der Waals surface area contributed by atoms with Crippen LogP contribution in [0.1, 0.15) is 10.4 Å². The molecule has 0 spiro atoms. The van der Waals surface area contributed by atoms with Crippen LogP contribution in [0.5, 0.6) is 0 Å². The van der Waals surface area contributed by atoms with Gasteiger partial charge >= 0.3 is 0 Å². The van der Waals surface area contributed by atoms with E-state index in [0.29, 0.717) is 5.82 Å². The summed E-state index contributed by atoms with van der Waals surface area (Å²) in [6.07, 6.45) is 1.70. The molecule has 156 valence electrons. The number of nitrogens with one attached hydrogen (secondary N) is 2. The summed E-state index contributed by atoms with van der Waals surface area (Å²) in [6, 6.07) is 21.9. The molecule has 0 aliphatic heterocycles. The van der Waals surface area contributed by atoms with E-state index in [1.165, 1.54) is 42.5 Å². The number of benzene rings is 3. The fourth-order valence-electron chi connectivity index (χ4n) is 2.86. The number of carbonyl (C=O) groups is 1. The highest BCUT2D eigenvalue weighted by Crippen LogP contribution is 2.20. The van der Waals surface area contributed by atoms with Gasteiger partial charge in [-0.05, 0) is 42.5 Å². The molecule has 0 atom stereocenters. The van der Waals surface area contributed by atoms with Crippen molar-refractivity contribution in [3.05, 3.63) is 103 Å². The van der Waals surface area contributed by atoms with Crippen LogP contribution in [0.15, 0.2) is 96.0 Å². The predicted molar refractivity (Wildman–Crippen MR) is 115 cm³/mol. The molecular formula is C22H17FN4O3S. The number of carbonyl (C=O) groups excluding carboxylic acids is 1. The zero-order valence-electron chi connectivity index (χ0n) is 16.1. The zero-order chi connectivity index (χ0) is 21.8. The van der Waals surface area contributed by atoms with Crippen LogP contribution < -0.4 is 10.0 Å². The summed E-state index contributed by atoms with van der Waals surface area (Å²) in [5.41, 5.74) is 0.768.